The summed E-state index contributed by atoms with van der Waals surface area (Å²) in [7, 11) is 0. The number of hydrogen-bond acceptors (Lipinski definition) is 4. The van der Waals surface area contributed by atoms with E-state index in [1.165, 1.54) is 0 Å². The number of pyridine rings is 1. The van der Waals surface area contributed by atoms with Gasteiger partial charge >= 0.3 is 5.97 Å². The molecule has 2 N–H and O–H groups in total. The Morgan fingerprint density at radius 3 is 2.80 bits per heavy atom. The van der Waals surface area contributed by atoms with Gasteiger partial charge in [0.2, 0.25) is 0 Å². The molecule has 1 atom stereocenters. The summed E-state index contributed by atoms with van der Waals surface area (Å²) in [5.74, 6) is -0.193. The number of carbonyl (C=O) groups is 1. The highest BCUT2D eigenvalue weighted by atomic mass is 16.5. The van der Waals surface area contributed by atoms with Crippen molar-refractivity contribution in [2.45, 2.75) is 25.8 Å². The van der Waals surface area contributed by atoms with Crippen LogP contribution in [0.3, 0.4) is 0 Å². The van der Waals surface area contributed by atoms with Crippen LogP contribution in [0.1, 0.15) is 31.4 Å². The largest absolute Gasteiger partial charge is 0.466 e. The number of hydrogen-bond donors (Lipinski definition) is 1. The Hall–Kier alpha value is -1.42. The number of rotatable bonds is 5. The third-order valence-electron chi connectivity index (χ3n) is 2.10. The van der Waals surface area contributed by atoms with E-state index in [9.17, 15) is 4.79 Å². The highest BCUT2D eigenvalue weighted by Gasteiger charge is 2.09. The van der Waals surface area contributed by atoms with E-state index < -0.39 is 0 Å². The molecule has 1 heterocycles. The minimum absolute atomic E-state index is 0.127. The zero-order valence-electron chi connectivity index (χ0n) is 8.85. The summed E-state index contributed by atoms with van der Waals surface area (Å²) >= 11 is 0. The molecule has 0 fully saturated rings. The van der Waals surface area contributed by atoms with Crippen LogP contribution in [0.25, 0.3) is 0 Å². The van der Waals surface area contributed by atoms with Crippen LogP contribution in [0.2, 0.25) is 0 Å². The van der Waals surface area contributed by atoms with Gasteiger partial charge in [0.1, 0.15) is 0 Å². The minimum Gasteiger partial charge on any atom is -0.466 e. The Labute approximate surface area is 89.5 Å². The van der Waals surface area contributed by atoms with E-state index in [1.54, 1.807) is 19.3 Å². The van der Waals surface area contributed by atoms with Gasteiger partial charge in [-0.1, -0.05) is 0 Å². The molecule has 1 rings (SSSR count). The second-order valence-electron chi connectivity index (χ2n) is 3.23. The van der Waals surface area contributed by atoms with E-state index in [4.69, 9.17) is 10.5 Å². The Morgan fingerprint density at radius 1 is 1.53 bits per heavy atom. The van der Waals surface area contributed by atoms with Gasteiger partial charge in [0.15, 0.2) is 0 Å². The first-order valence-corrected chi connectivity index (χ1v) is 5.05. The molecule has 0 aliphatic heterocycles. The van der Waals surface area contributed by atoms with Gasteiger partial charge in [0.25, 0.3) is 0 Å². The van der Waals surface area contributed by atoms with Crippen LogP contribution >= 0.6 is 0 Å². The van der Waals surface area contributed by atoms with Gasteiger partial charge in [0.05, 0.1) is 6.61 Å². The maximum atomic E-state index is 11.1. The van der Waals surface area contributed by atoms with E-state index in [0.29, 0.717) is 19.4 Å². The predicted molar refractivity (Wildman–Crippen MR) is 57.0 cm³/mol. The normalized spacial score (nSPS) is 12.1. The number of nitrogens with two attached hydrogens (primary N) is 1. The number of carbonyl (C=O) groups excluding carboxylic acids is 1. The molecular formula is C11H16N2O2. The van der Waals surface area contributed by atoms with E-state index >= 15 is 0 Å². The second kappa shape index (κ2) is 6.14. The summed E-state index contributed by atoms with van der Waals surface area (Å²) < 4.78 is 4.82. The quantitative estimate of drug-likeness (QED) is 0.743. The zero-order valence-corrected chi connectivity index (χ0v) is 8.85. The Bertz CT molecular complexity index is 301. The molecule has 4 nitrogen and oxygen atoms in total. The van der Waals surface area contributed by atoms with Crippen LogP contribution in [0.15, 0.2) is 24.5 Å². The zero-order chi connectivity index (χ0) is 11.1. The lowest BCUT2D eigenvalue weighted by molar-refractivity contribution is -0.143. The summed E-state index contributed by atoms with van der Waals surface area (Å²) in [6, 6.07) is 3.59. The molecule has 0 aromatic carbocycles. The van der Waals surface area contributed by atoms with Crippen molar-refractivity contribution in [2.24, 2.45) is 5.73 Å². The third kappa shape index (κ3) is 4.08. The van der Waals surface area contributed by atoms with Crippen molar-refractivity contribution in [2.75, 3.05) is 6.61 Å². The number of ether oxygens (including phenoxy) is 1. The molecule has 0 saturated carbocycles. The standard InChI is InChI=1S/C11H16N2O2/c1-2-15-11(14)4-3-10(12)9-5-7-13-8-6-9/h5-8,10H,2-4,12H2,1H3/t10-/m1/s1. The smallest absolute Gasteiger partial charge is 0.305 e. The van der Waals surface area contributed by atoms with E-state index in [2.05, 4.69) is 4.98 Å². The molecular weight excluding hydrogens is 192 g/mol. The van der Waals surface area contributed by atoms with Crippen molar-refractivity contribution in [3.8, 4) is 0 Å². The molecule has 0 spiro atoms. The van der Waals surface area contributed by atoms with Crippen molar-refractivity contribution in [1.82, 2.24) is 4.98 Å². The van der Waals surface area contributed by atoms with E-state index in [0.717, 1.165) is 5.56 Å². The minimum atomic E-state index is -0.193. The molecule has 0 aliphatic carbocycles. The van der Waals surface area contributed by atoms with Crippen molar-refractivity contribution in [3.63, 3.8) is 0 Å². The second-order valence-corrected chi connectivity index (χ2v) is 3.23. The number of aromatic nitrogens is 1. The summed E-state index contributed by atoms with van der Waals surface area (Å²) in [4.78, 5) is 15.0. The summed E-state index contributed by atoms with van der Waals surface area (Å²) in [5.41, 5.74) is 6.90. The predicted octanol–water partition coefficient (Wildman–Crippen LogP) is 1.42. The van der Waals surface area contributed by atoms with Crippen LogP contribution in [-0.2, 0) is 9.53 Å². The molecule has 0 bridgehead atoms. The third-order valence-corrected chi connectivity index (χ3v) is 2.10. The van der Waals surface area contributed by atoms with Crippen molar-refractivity contribution >= 4 is 5.97 Å². The van der Waals surface area contributed by atoms with E-state index in [-0.39, 0.29) is 12.0 Å². The van der Waals surface area contributed by atoms with Crippen LogP contribution < -0.4 is 5.73 Å². The summed E-state index contributed by atoms with van der Waals surface area (Å²) in [5, 5.41) is 0. The molecule has 1 aromatic rings. The highest BCUT2D eigenvalue weighted by Crippen LogP contribution is 2.14. The molecule has 0 amide bonds. The van der Waals surface area contributed by atoms with Gasteiger partial charge in [-0.3, -0.25) is 9.78 Å². The number of nitrogens with zero attached hydrogens (tertiary/aromatic N) is 1. The molecule has 0 saturated heterocycles. The molecule has 1 aromatic heterocycles. The Morgan fingerprint density at radius 2 is 2.20 bits per heavy atom. The van der Waals surface area contributed by atoms with Crippen LogP contribution in [0.4, 0.5) is 0 Å². The monoisotopic (exact) mass is 208 g/mol. The summed E-state index contributed by atoms with van der Waals surface area (Å²) in [6.45, 7) is 2.21. The van der Waals surface area contributed by atoms with E-state index in [1.807, 2.05) is 12.1 Å². The van der Waals surface area contributed by atoms with Crippen LogP contribution in [-0.4, -0.2) is 17.6 Å². The van der Waals surface area contributed by atoms with Gasteiger partial charge in [-0.15, -0.1) is 0 Å². The lowest BCUT2D eigenvalue weighted by atomic mass is 10.0. The van der Waals surface area contributed by atoms with Gasteiger partial charge < -0.3 is 10.5 Å². The molecule has 82 valence electrons. The van der Waals surface area contributed by atoms with Gasteiger partial charge in [0, 0.05) is 24.9 Å². The first kappa shape index (κ1) is 11.7. The van der Waals surface area contributed by atoms with Gasteiger partial charge in [-0.05, 0) is 31.0 Å². The lowest BCUT2D eigenvalue weighted by Gasteiger charge is -2.10. The topological polar surface area (TPSA) is 65.2 Å². The fourth-order valence-corrected chi connectivity index (χ4v) is 1.28. The molecule has 0 aliphatic rings. The van der Waals surface area contributed by atoms with Gasteiger partial charge in [-0.25, -0.2) is 0 Å². The summed E-state index contributed by atoms with van der Waals surface area (Å²) in [6.07, 6.45) is 4.35. The SMILES string of the molecule is CCOC(=O)CC[C@@H](N)c1ccncc1. The number of esters is 1. The van der Waals surface area contributed by atoms with Crippen LogP contribution in [0.5, 0.6) is 0 Å². The first-order chi connectivity index (χ1) is 7.24. The maximum absolute atomic E-state index is 11.1. The molecule has 0 radical (unpaired) electrons. The molecule has 4 heteroatoms. The van der Waals surface area contributed by atoms with Crippen molar-refractivity contribution < 1.29 is 9.53 Å². The van der Waals surface area contributed by atoms with Crippen molar-refractivity contribution in [3.05, 3.63) is 30.1 Å². The molecule has 15 heavy (non-hydrogen) atoms. The lowest BCUT2D eigenvalue weighted by Crippen LogP contribution is -2.13. The highest BCUT2D eigenvalue weighted by molar-refractivity contribution is 5.69. The Kier molecular flexibility index (Phi) is 4.77. The fourth-order valence-electron chi connectivity index (χ4n) is 1.28. The average molecular weight is 208 g/mol. The van der Waals surface area contributed by atoms with Crippen LogP contribution in [0, 0.1) is 0 Å². The average Bonchev–Trinajstić information content (AvgIpc) is 2.27. The first-order valence-electron chi connectivity index (χ1n) is 5.05. The van der Waals surface area contributed by atoms with Crippen molar-refractivity contribution in [1.29, 1.82) is 0 Å². The maximum Gasteiger partial charge on any atom is 0.305 e. The molecule has 0 unspecified atom stereocenters. The Balaban J connectivity index is 2.37. The van der Waals surface area contributed by atoms with Gasteiger partial charge in [-0.2, -0.15) is 0 Å². The fraction of sp³-hybridized carbons (Fsp3) is 0.455.